The van der Waals surface area contributed by atoms with E-state index < -0.39 is 6.10 Å². The number of ether oxygens (including phenoxy) is 3. The van der Waals surface area contributed by atoms with Crippen LogP contribution in [0.5, 0.6) is 0 Å². The van der Waals surface area contributed by atoms with Gasteiger partial charge < -0.3 is 14.2 Å². The Morgan fingerprint density at radius 3 is 0.800 bits per heavy atom. The highest BCUT2D eigenvalue weighted by atomic mass is 16.6. The molecule has 6 nitrogen and oxygen atoms in total. The summed E-state index contributed by atoms with van der Waals surface area (Å²) < 4.78 is 16.9. The van der Waals surface area contributed by atoms with Gasteiger partial charge in [-0.1, -0.05) is 339 Å². The number of unbranched alkanes of at least 4 members (excludes halogenated alkanes) is 47. The normalized spacial score (nSPS) is 12.3. The fourth-order valence-corrected chi connectivity index (χ4v) is 10.8. The molecule has 1 unspecified atom stereocenters. The van der Waals surface area contributed by atoms with Crippen LogP contribution in [0.25, 0.3) is 0 Å². The van der Waals surface area contributed by atoms with Gasteiger partial charge in [-0.15, -0.1) is 0 Å². The van der Waals surface area contributed by atoms with Crippen molar-refractivity contribution in [3.05, 3.63) is 48.6 Å². The molecule has 0 radical (unpaired) electrons. The zero-order chi connectivity index (χ0) is 57.8. The minimum Gasteiger partial charge on any atom is -0.462 e. The van der Waals surface area contributed by atoms with Crippen molar-refractivity contribution in [1.82, 2.24) is 0 Å². The van der Waals surface area contributed by atoms with Crippen LogP contribution < -0.4 is 0 Å². The highest BCUT2D eigenvalue weighted by Gasteiger charge is 2.19. The molecule has 0 bridgehead atoms. The molecule has 0 aliphatic rings. The molecule has 0 rings (SSSR count). The van der Waals surface area contributed by atoms with E-state index >= 15 is 0 Å². The number of hydrogen-bond acceptors (Lipinski definition) is 6. The number of rotatable bonds is 66. The zero-order valence-electron chi connectivity index (χ0n) is 53.9. The van der Waals surface area contributed by atoms with E-state index in [1.165, 1.54) is 257 Å². The first kappa shape index (κ1) is 77.4. The lowest BCUT2D eigenvalue weighted by Gasteiger charge is -2.18. The smallest absolute Gasteiger partial charge is 0.306 e. The number of carbonyl (C=O) groups is 3. The van der Waals surface area contributed by atoms with E-state index in [2.05, 4.69) is 69.4 Å². The Morgan fingerprint density at radius 1 is 0.263 bits per heavy atom. The van der Waals surface area contributed by atoms with Crippen molar-refractivity contribution in [3.8, 4) is 0 Å². The molecule has 0 amide bonds. The predicted molar refractivity (Wildman–Crippen MR) is 349 cm³/mol. The lowest BCUT2D eigenvalue weighted by atomic mass is 10.0. The molecule has 0 aliphatic carbocycles. The number of allylic oxidation sites excluding steroid dienone is 8. The molecule has 6 heteroatoms. The third-order valence-corrected chi connectivity index (χ3v) is 16.1. The monoisotopic (exact) mass is 1120 g/mol. The van der Waals surface area contributed by atoms with Gasteiger partial charge in [0.2, 0.25) is 0 Å². The van der Waals surface area contributed by atoms with Crippen molar-refractivity contribution < 1.29 is 28.6 Å². The van der Waals surface area contributed by atoms with Crippen LogP contribution in [-0.4, -0.2) is 37.2 Å². The molecule has 0 fully saturated rings. The van der Waals surface area contributed by atoms with Gasteiger partial charge in [0.05, 0.1) is 0 Å². The van der Waals surface area contributed by atoms with Gasteiger partial charge in [-0.2, -0.15) is 0 Å². The molecule has 0 saturated heterocycles. The molecular formula is C74H136O6. The molecule has 1 atom stereocenters. The molecule has 0 aliphatic heterocycles. The molecule has 0 N–H and O–H groups in total. The van der Waals surface area contributed by atoms with E-state index in [4.69, 9.17) is 14.2 Å². The summed E-state index contributed by atoms with van der Waals surface area (Å²) >= 11 is 0. The van der Waals surface area contributed by atoms with Crippen molar-refractivity contribution in [2.75, 3.05) is 13.2 Å². The standard InChI is InChI=1S/C74H136O6/c1-4-7-10-13-16-19-22-25-27-29-30-31-32-33-34-35-36-37-38-39-40-41-42-43-44-46-47-49-52-55-58-61-64-67-73(76)79-70-71(69-78-72(75)66-63-60-57-54-51-24-21-18-15-12-9-6-3)80-74(77)68-65-62-59-56-53-50-48-45-28-26-23-20-17-14-11-8-5-2/h8,11,17-18,20-21,26,28,71H,4-7,9-10,12-16,19,22-25,27,29-70H2,1-3H3/b11-8-,20-17-,21-18-,28-26-. The Kier molecular flexibility index (Phi) is 66.6. The van der Waals surface area contributed by atoms with Crippen LogP contribution in [0.15, 0.2) is 48.6 Å². The van der Waals surface area contributed by atoms with Gasteiger partial charge >= 0.3 is 17.9 Å². The van der Waals surface area contributed by atoms with Crippen LogP contribution in [-0.2, 0) is 28.6 Å². The van der Waals surface area contributed by atoms with Crippen molar-refractivity contribution in [2.45, 2.75) is 393 Å². The average molecular weight is 1120 g/mol. The van der Waals surface area contributed by atoms with Gasteiger partial charge in [-0.05, 0) is 77.0 Å². The minimum absolute atomic E-state index is 0.0763. The van der Waals surface area contributed by atoms with Gasteiger partial charge in [-0.25, -0.2) is 0 Å². The molecule has 80 heavy (non-hydrogen) atoms. The van der Waals surface area contributed by atoms with E-state index in [1.54, 1.807) is 0 Å². The van der Waals surface area contributed by atoms with Crippen LogP contribution in [0, 0.1) is 0 Å². The summed E-state index contributed by atoms with van der Waals surface area (Å²) in [5, 5.41) is 0. The third-order valence-electron chi connectivity index (χ3n) is 16.1. The first-order valence-electron chi connectivity index (χ1n) is 35.6. The van der Waals surface area contributed by atoms with Gasteiger partial charge in [-0.3, -0.25) is 14.4 Å². The molecule has 468 valence electrons. The molecule has 0 aromatic carbocycles. The quantitative estimate of drug-likeness (QED) is 0.0261. The Balaban J connectivity index is 4.08. The second kappa shape index (κ2) is 68.9. The lowest BCUT2D eigenvalue weighted by molar-refractivity contribution is -0.167. The maximum atomic E-state index is 12.9. The van der Waals surface area contributed by atoms with Crippen molar-refractivity contribution in [2.24, 2.45) is 0 Å². The molecule has 0 heterocycles. The summed E-state index contributed by atoms with van der Waals surface area (Å²) in [6.07, 6.45) is 87.4. The van der Waals surface area contributed by atoms with Crippen molar-refractivity contribution in [3.63, 3.8) is 0 Å². The first-order chi connectivity index (χ1) is 39.5. The Hall–Kier alpha value is -2.63. The fraction of sp³-hybridized carbons (Fsp3) is 0.851. The lowest BCUT2D eigenvalue weighted by Crippen LogP contribution is -2.30. The van der Waals surface area contributed by atoms with E-state index in [1.807, 2.05) is 0 Å². The van der Waals surface area contributed by atoms with Crippen LogP contribution in [0.1, 0.15) is 387 Å². The molecule has 0 spiro atoms. The third kappa shape index (κ3) is 66.2. The number of hydrogen-bond donors (Lipinski definition) is 0. The summed E-state index contributed by atoms with van der Waals surface area (Å²) in [6, 6.07) is 0. The van der Waals surface area contributed by atoms with Gasteiger partial charge in [0, 0.05) is 19.3 Å². The fourth-order valence-electron chi connectivity index (χ4n) is 10.8. The molecule has 0 aromatic rings. The Morgan fingerprint density at radius 2 is 0.487 bits per heavy atom. The van der Waals surface area contributed by atoms with Gasteiger partial charge in [0.1, 0.15) is 13.2 Å². The Labute approximate surface area is 498 Å². The van der Waals surface area contributed by atoms with E-state index in [0.29, 0.717) is 19.3 Å². The summed E-state index contributed by atoms with van der Waals surface area (Å²) in [7, 11) is 0. The largest absolute Gasteiger partial charge is 0.462 e. The van der Waals surface area contributed by atoms with Gasteiger partial charge in [0.15, 0.2) is 6.10 Å². The Bertz CT molecular complexity index is 1380. The maximum Gasteiger partial charge on any atom is 0.306 e. The highest BCUT2D eigenvalue weighted by molar-refractivity contribution is 5.71. The predicted octanol–water partition coefficient (Wildman–Crippen LogP) is 24.5. The van der Waals surface area contributed by atoms with Crippen LogP contribution in [0.4, 0.5) is 0 Å². The van der Waals surface area contributed by atoms with E-state index in [9.17, 15) is 14.4 Å². The van der Waals surface area contributed by atoms with Crippen LogP contribution in [0.2, 0.25) is 0 Å². The molecular weight excluding hydrogens is 985 g/mol. The SMILES string of the molecule is CC/C=C\C/C=C\C/C=C\CCCCCCCCCC(=O)OC(COC(=O)CCCCCCC/C=C\CCCCC)COC(=O)CCCCCCCCCCCCCCCCCCCCCCCCCCCCCCCCCCC. The molecule has 0 aromatic heterocycles. The average Bonchev–Trinajstić information content (AvgIpc) is 3.46. The number of carbonyl (C=O) groups excluding carboxylic acids is 3. The minimum atomic E-state index is -0.781. The summed E-state index contributed by atoms with van der Waals surface area (Å²) in [6.45, 7) is 6.55. The van der Waals surface area contributed by atoms with Crippen molar-refractivity contribution >= 4 is 17.9 Å². The van der Waals surface area contributed by atoms with Crippen LogP contribution in [0.3, 0.4) is 0 Å². The van der Waals surface area contributed by atoms with Crippen LogP contribution >= 0.6 is 0 Å². The first-order valence-corrected chi connectivity index (χ1v) is 35.6. The topological polar surface area (TPSA) is 78.9 Å². The van der Waals surface area contributed by atoms with E-state index in [0.717, 1.165) is 89.9 Å². The second-order valence-electron chi connectivity index (χ2n) is 24.1. The summed E-state index contributed by atoms with van der Waals surface area (Å²) in [5.74, 6) is -0.874. The van der Waals surface area contributed by atoms with Crippen molar-refractivity contribution in [1.29, 1.82) is 0 Å². The second-order valence-corrected chi connectivity index (χ2v) is 24.1. The molecule has 0 saturated carbocycles. The van der Waals surface area contributed by atoms with Gasteiger partial charge in [0.25, 0.3) is 0 Å². The number of esters is 3. The van der Waals surface area contributed by atoms with E-state index in [-0.39, 0.29) is 31.1 Å². The maximum absolute atomic E-state index is 12.9. The summed E-state index contributed by atoms with van der Waals surface area (Å²) in [5.41, 5.74) is 0. The zero-order valence-corrected chi connectivity index (χ0v) is 53.9. The summed E-state index contributed by atoms with van der Waals surface area (Å²) in [4.78, 5) is 38.3. The highest BCUT2D eigenvalue weighted by Crippen LogP contribution is 2.19.